The predicted molar refractivity (Wildman–Crippen MR) is 109 cm³/mol. The average molecular weight is 486 g/mol. The molecule has 0 saturated heterocycles. The number of hydrogen-bond acceptors (Lipinski definition) is 7. The Kier molecular flexibility index (Phi) is 8.84. The Morgan fingerprint density at radius 3 is 1.97 bits per heavy atom. The summed E-state index contributed by atoms with van der Waals surface area (Å²) in [4.78, 5) is -0.159. The van der Waals surface area contributed by atoms with Crippen LogP contribution in [0.25, 0.3) is 0 Å². The normalized spacial score (nSPS) is 13.7. The van der Waals surface area contributed by atoms with Gasteiger partial charge >= 0.3 is 0 Å². The lowest BCUT2D eigenvalue weighted by atomic mass is 10.3. The van der Waals surface area contributed by atoms with Gasteiger partial charge < -0.3 is 24.8 Å². The van der Waals surface area contributed by atoms with Gasteiger partial charge in [0.25, 0.3) is 0 Å². The lowest BCUT2D eigenvalue weighted by Crippen LogP contribution is -2.21. The van der Waals surface area contributed by atoms with Crippen molar-refractivity contribution in [1.29, 1.82) is 0 Å². The maximum Gasteiger partial charge on any atom is 0.206 e. The molecule has 0 fully saturated rings. The molecule has 0 unspecified atom stereocenters. The number of ether oxygens (including phenoxy) is 2. The molecule has 0 spiro atoms. The van der Waals surface area contributed by atoms with Gasteiger partial charge in [-0.25, -0.2) is 8.42 Å². The van der Waals surface area contributed by atoms with Gasteiger partial charge in [0.1, 0.15) is 31.2 Å². The fourth-order valence-corrected chi connectivity index (χ4v) is 4.28. The van der Waals surface area contributed by atoms with Crippen LogP contribution < -0.4 is 9.47 Å². The highest BCUT2D eigenvalue weighted by Crippen LogP contribution is 2.37. The Labute approximate surface area is 183 Å². The molecule has 0 bridgehead atoms. The SMILES string of the molecule is O=S(=O)(c1ccc(OC[C@H](O)CO)cc1)c1cc(Cl)c(OC[C@H](O)CCl)c(Cl)c1. The molecule has 0 aliphatic rings. The molecule has 2 atom stereocenters. The second-order valence-electron chi connectivity index (χ2n) is 5.96. The molecular formula is C18H19Cl3O7S. The van der Waals surface area contributed by atoms with Gasteiger partial charge in [-0.05, 0) is 36.4 Å². The van der Waals surface area contributed by atoms with Gasteiger partial charge in [0.15, 0.2) is 5.75 Å². The van der Waals surface area contributed by atoms with E-state index in [4.69, 9.17) is 49.4 Å². The van der Waals surface area contributed by atoms with Crippen LogP contribution in [0.3, 0.4) is 0 Å². The van der Waals surface area contributed by atoms with E-state index in [1.807, 2.05) is 0 Å². The number of hydrogen-bond donors (Lipinski definition) is 3. The Morgan fingerprint density at radius 2 is 1.45 bits per heavy atom. The number of alkyl halides is 1. The van der Waals surface area contributed by atoms with E-state index >= 15 is 0 Å². The minimum absolute atomic E-state index is 0.0223. The van der Waals surface area contributed by atoms with Crippen molar-refractivity contribution >= 4 is 44.6 Å². The van der Waals surface area contributed by atoms with Crippen LogP contribution >= 0.6 is 34.8 Å². The Balaban J connectivity index is 2.22. The summed E-state index contributed by atoms with van der Waals surface area (Å²) in [6, 6.07) is 7.91. The smallest absolute Gasteiger partial charge is 0.206 e. The third-order valence-corrected chi connectivity index (χ3v) is 6.33. The quantitative estimate of drug-likeness (QED) is 0.443. The zero-order chi connectivity index (χ0) is 21.6. The van der Waals surface area contributed by atoms with Crippen LogP contribution in [0.4, 0.5) is 0 Å². The first-order valence-corrected chi connectivity index (χ1v) is 11.1. The van der Waals surface area contributed by atoms with Crippen LogP contribution in [0, 0.1) is 0 Å². The molecule has 3 N–H and O–H groups in total. The van der Waals surface area contributed by atoms with Gasteiger partial charge in [-0.15, -0.1) is 11.6 Å². The summed E-state index contributed by atoms with van der Waals surface area (Å²) in [5.41, 5.74) is 0. The molecule has 0 aliphatic heterocycles. The lowest BCUT2D eigenvalue weighted by Gasteiger charge is -2.14. The summed E-state index contributed by atoms with van der Waals surface area (Å²) in [5.74, 6) is 0.331. The summed E-state index contributed by atoms with van der Waals surface area (Å²) >= 11 is 17.7. The summed E-state index contributed by atoms with van der Waals surface area (Å²) in [6.45, 7) is -0.728. The van der Waals surface area contributed by atoms with Crippen molar-refractivity contribution < 1.29 is 33.2 Å². The maximum absolute atomic E-state index is 12.9. The molecule has 0 radical (unpaired) electrons. The van der Waals surface area contributed by atoms with Crippen molar-refractivity contribution in [2.75, 3.05) is 25.7 Å². The third-order valence-electron chi connectivity index (χ3n) is 3.67. The fourth-order valence-electron chi connectivity index (χ4n) is 2.15. The Morgan fingerprint density at radius 1 is 0.897 bits per heavy atom. The van der Waals surface area contributed by atoms with Gasteiger partial charge in [-0.2, -0.15) is 0 Å². The first-order valence-electron chi connectivity index (χ1n) is 8.31. The van der Waals surface area contributed by atoms with Crippen LogP contribution in [0.2, 0.25) is 10.0 Å². The summed E-state index contributed by atoms with van der Waals surface area (Å²) in [6.07, 6.45) is -1.96. The topological polar surface area (TPSA) is 113 Å². The summed E-state index contributed by atoms with van der Waals surface area (Å²) in [7, 11) is -3.93. The lowest BCUT2D eigenvalue weighted by molar-refractivity contribution is 0.0536. The second kappa shape index (κ2) is 10.7. The standard InChI is InChI=1S/C18H19Cl3O7S/c19-7-11(23)9-28-18-16(20)5-15(6-17(18)21)29(25,26)14-3-1-13(2-4-14)27-10-12(24)8-22/h1-6,11-12,22-24H,7-10H2/t11-,12-/m1/s1. The second-order valence-corrected chi connectivity index (χ2v) is 9.03. The highest BCUT2D eigenvalue weighted by Gasteiger charge is 2.22. The Hall–Kier alpha value is -1.26. The molecular weight excluding hydrogens is 467 g/mol. The van der Waals surface area contributed by atoms with E-state index in [-0.39, 0.29) is 44.7 Å². The van der Waals surface area contributed by atoms with Crippen molar-refractivity contribution in [2.24, 2.45) is 0 Å². The van der Waals surface area contributed by atoms with Gasteiger partial charge in [-0.3, -0.25) is 0 Å². The van der Waals surface area contributed by atoms with E-state index in [1.54, 1.807) is 0 Å². The van der Waals surface area contributed by atoms with Gasteiger partial charge in [0, 0.05) is 0 Å². The summed E-state index contributed by atoms with van der Waals surface area (Å²) < 4.78 is 36.3. The zero-order valence-electron chi connectivity index (χ0n) is 15.0. The number of sulfone groups is 1. The van der Waals surface area contributed by atoms with Crippen LogP contribution in [-0.2, 0) is 9.84 Å². The van der Waals surface area contributed by atoms with E-state index in [0.29, 0.717) is 5.75 Å². The van der Waals surface area contributed by atoms with Crippen molar-refractivity contribution in [3.05, 3.63) is 46.4 Å². The van der Waals surface area contributed by atoms with Crippen LogP contribution in [0.1, 0.15) is 0 Å². The van der Waals surface area contributed by atoms with Crippen LogP contribution in [-0.4, -0.2) is 61.6 Å². The van der Waals surface area contributed by atoms with Crippen LogP contribution in [0.5, 0.6) is 11.5 Å². The van der Waals surface area contributed by atoms with Gasteiger partial charge in [0.2, 0.25) is 9.84 Å². The van der Waals surface area contributed by atoms with E-state index in [1.165, 1.54) is 36.4 Å². The molecule has 29 heavy (non-hydrogen) atoms. The Bertz CT molecular complexity index is 897. The van der Waals surface area contributed by atoms with Crippen molar-refractivity contribution in [3.63, 3.8) is 0 Å². The van der Waals surface area contributed by atoms with Crippen molar-refractivity contribution in [3.8, 4) is 11.5 Å². The number of aliphatic hydroxyl groups excluding tert-OH is 3. The molecule has 7 nitrogen and oxygen atoms in total. The van der Waals surface area contributed by atoms with Gasteiger partial charge in [-0.1, -0.05) is 23.2 Å². The number of benzene rings is 2. The molecule has 2 aromatic carbocycles. The monoisotopic (exact) mass is 484 g/mol. The first kappa shape index (κ1) is 24.0. The summed E-state index contributed by atoms with van der Waals surface area (Å²) in [5, 5.41) is 27.5. The molecule has 160 valence electrons. The average Bonchev–Trinajstić information content (AvgIpc) is 2.71. The molecule has 2 rings (SSSR count). The minimum atomic E-state index is -3.93. The fraction of sp³-hybridized carbons (Fsp3) is 0.333. The number of halogens is 3. The molecule has 0 amide bonds. The molecule has 11 heteroatoms. The zero-order valence-corrected chi connectivity index (χ0v) is 18.0. The maximum atomic E-state index is 12.9. The molecule has 0 heterocycles. The predicted octanol–water partition coefficient (Wildman–Crippen LogP) is 2.54. The number of aliphatic hydroxyl groups is 3. The van der Waals surface area contributed by atoms with Gasteiger partial charge in [0.05, 0.1) is 32.3 Å². The van der Waals surface area contributed by atoms with E-state index < -0.39 is 28.7 Å². The minimum Gasteiger partial charge on any atom is -0.491 e. The first-order chi connectivity index (χ1) is 13.7. The molecule has 0 aromatic heterocycles. The van der Waals surface area contributed by atoms with E-state index in [0.717, 1.165) is 0 Å². The molecule has 2 aromatic rings. The largest absolute Gasteiger partial charge is 0.491 e. The van der Waals surface area contributed by atoms with Crippen molar-refractivity contribution in [1.82, 2.24) is 0 Å². The molecule has 0 saturated carbocycles. The number of rotatable bonds is 10. The van der Waals surface area contributed by atoms with Crippen molar-refractivity contribution in [2.45, 2.75) is 22.0 Å². The molecule has 0 aliphatic carbocycles. The van der Waals surface area contributed by atoms with Crippen LogP contribution in [0.15, 0.2) is 46.2 Å². The third kappa shape index (κ3) is 6.36. The van der Waals surface area contributed by atoms with E-state index in [2.05, 4.69) is 0 Å². The highest BCUT2D eigenvalue weighted by molar-refractivity contribution is 7.91. The van der Waals surface area contributed by atoms with E-state index in [9.17, 15) is 18.6 Å². The highest BCUT2D eigenvalue weighted by atomic mass is 35.5.